The highest BCUT2D eigenvalue weighted by atomic mass is 35.6. The maximum Gasteiger partial charge on any atom is 0.248 e. The van der Waals surface area contributed by atoms with Crippen molar-refractivity contribution in [3.63, 3.8) is 0 Å². The molecule has 0 radical (unpaired) electrons. The predicted octanol–water partition coefficient (Wildman–Crippen LogP) is 20.0. The molecule has 7 aromatic carbocycles. The summed E-state index contributed by atoms with van der Waals surface area (Å²) in [4.78, 5) is 4.42. The molecule has 0 atom stereocenters. The van der Waals surface area contributed by atoms with Crippen LogP contribution in [-0.2, 0) is 0 Å². The number of nitrogens with zero attached hydrogens (tertiary/aromatic N) is 6. The van der Waals surface area contributed by atoms with Gasteiger partial charge in [0, 0.05) is 56.4 Å². The lowest BCUT2D eigenvalue weighted by Crippen LogP contribution is -2.09. The summed E-state index contributed by atoms with van der Waals surface area (Å²) in [6.07, 6.45) is 0. The molecule has 0 saturated heterocycles. The topological polar surface area (TPSA) is 84.3 Å². The van der Waals surface area contributed by atoms with Gasteiger partial charge in [-0.1, -0.05) is 212 Å². The van der Waals surface area contributed by atoms with Crippen LogP contribution in [0.5, 0.6) is 0 Å². The number of hydrogen-bond donors (Lipinski definition) is 0. The van der Waals surface area contributed by atoms with Crippen molar-refractivity contribution in [2.24, 2.45) is 0 Å². The Hall–Kier alpha value is -4.10. The maximum atomic E-state index is 6.23. The van der Waals surface area contributed by atoms with Crippen LogP contribution in [0.4, 0.5) is 34.1 Å². The molecule has 9 aromatic rings. The van der Waals surface area contributed by atoms with E-state index in [0.29, 0.717) is 23.6 Å². The van der Waals surface area contributed by atoms with Crippen molar-refractivity contribution in [3.05, 3.63) is 194 Å². The number of para-hydroxylation sites is 4. The van der Waals surface area contributed by atoms with Crippen LogP contribution in [0, 0.1) is 0 Å². The molecular weight excluding hydrogens is 1140 g/mol. The molecule has 2 heterocycles. The largest absolute Gasteiger partial charge is 0.416 e. The quantitative estimate of drug-likeness (QED) is 0.125. The summed E-state index contributed by atoms with van der Waals surface area (Å²) in [6, 6.07) is 65.0. The Morgan fingerprint density at radius 3 is 0.614 bits per heavy atom. The first-order valence-electron chi connectivity index (χ1n) is 21.8. The number of hydrogen-bond acceptors (Lipinski definition) is 8. The molecule has 0 amide bonds. The molecule has 2 aromatic heterocycles. The smallest absolute Gasteiger partial charge is 0.248 e. The predicted molar refractivity (Wildman–Crippen MR) is 299 cm³/mol. The van der Waals surface area contributed by atoms with Crippen LogP contribution in [0.15, 0.2) is 203 Å². The van der Waals surface area contributed by atoms with Crippen LogP contribution < -0.4 is 9.80 Å². The highest BCUT2D eigenvalue weighted by Crippen LogP contribution is 2.37. The van der Waals surface area contributed by atoms with Crippen molar-refractivity contribution in [2.45, 2.75) is 17.1 Å². The summed E-state index contributed by atoms with van der Waals surface area (Å²) in [5, 5.41) is 17.4. The lowest BCUT2D eigenvalue weighted by molar-refractivity contribution is 0.582. The number of rotatable bonds is 10. The van der Waals surface area contributed by atoms with Crippen molar-refractivity contribution >= 4 is 173 Å². The first kappa shape index (κ1) is 50.8. The molecule has 0 spiro atoms. The molecule has 0 saturated carbocycles. The minimum absolute atomic E-state index is 0.419. The van der Waals surface area contributed by atoms with Gasteiger partial charge in [-0.05, 0) is 121 Å². The molecule has 0 N–H and O–H groups in total. The number of benzene rings is 7. The molecule has 0 unspecified atom stereocenters. The Bertz CT molecular complexity index is 2710. The third-order valence-electron chi connectivity index (χ3n) is 9.03. The second-order valence-corrected chi connectivity index (χ2v) is 20.2. The van der Waals surface area contributed by atoms with Crippen LogP contribution in [0.2, 0.25) is 0 Å². The van der Waals surface area contributed by atoms with Gasteiger partial charge in [0.2, 0.25) is 23.6 Å². The van der Waals surface area contributed by atoms with Gasteiger partial charge in [0.15, 0.2) is 17.1 Å². The van der Waals surface area contributed by atoms with Gasteiger partial charge in [-0.3, -0.25) is 0 Å². The Kier molecular flexibility index (Phi) is 21.8. The van der Waals surface area contributed by atoms with Gasteiger partial charge >= 0.3 is 0 Å². The van der Waals surface area contributed by atoms with E-state index >= 15 is 0 Å². The fourth-order valence-electron chi connectivity index (χ4n) is 6.38. The summed E-state index contributed by atoms with van der Waals surface area (Å²) in [5.41, 5.74) is 9.54. The molecule has 0 aliphatic rings. The number of alkyl halides is 12. The van der Waals surface area contributed by atoms with Gasteiger partial charge in [0.25, 0.3) is 0 Å². The first-order chi connectivity index (χ1) is 34.8. The SMILES string of the molecule is [2H]C(Cl)(Cl)Cl.[2H]C(Cl)(Cl)Cl.[2H]C(Cl)(Cl)Cl.[2H]C(Cl)(Cl)Cl.c1ccc(N(c2ccccc2)c2ccc(-c3nnc(-c4ccc(-c5nnc(-c6ccc(N(c7ccccc7)c7ccccc7)cc6)o5)cc4)o3)cc2)cc1. The third-order valence-corrected chi connectivity index (χ3v) is 9.03. The Balaban J connectivity index is 0.000000433. The monoisotopic (exact) mass is 1180 g/mol. The van der Waals surface area contributed by atoms with Crippen LogP contribution in [0.3, 0.4) is 0 Å². The van der Waals surface area contributed by atoms with E-state index in [4.69, 9.17) is 154 Å². The molecule has 70 heavy (non-hydrogen) atoms. The minimum Gasteiger partial charge on any atom is -0.416 e. The van der Waals surface area contributed by atoms with Gasteiger partial charge in [-0.15, -0.1) is 20.4 Å². The standard InChI is InChI=1S/C46H32N6O2.4CHCl3/c1-5-13-37(14-6-1)51(38-15-7-2-8-16-38)41-29-25-35(26-30-41)45-49-47-43(53-45)33-21-23-34(24-22-33)44-48-50-46(54-44)36-27-31-42(32-28-36)52(39-17-9-3-10-18-39)40-19-11-4-12-20-40;4*2-1(3)4/h1-32H;4*1H/i;4*1D. The van der Waals surface area contributed by atoms with Crippen molar-refractivity contribution in [2.75, 3.05) is 9.80 Å². The second kappa shape index (κ2) is 30.1. The Morgan fingerprint density at radius 2 is 0.429 bits per heavy atom. The lowest BCUT2D eigenvalue weighted by atomic mass is 10.1. The van der Waals surface area contributed by atoms with Crippen molar-refractivity contribution in [3.8, 4) is 45.8 Å². The molecule has 0 bridgehead atoms. The van der Waals surface area contributed by atoms with Crippen molar-refractivity contribution < 1.29 is 14.3 Å². The second-order valence-electron chi connectivity index (χ2n) is 13.4. The van der Waals surface area contributed by atoms with Crippen molar-refractivity contribution in [1.29, 1.82) is 0 Å². The maximum absolute atomic E-state index is 6.23. The summed E-state index contributed by atoms with van der Waals surface area (Å²) in [6.45, 7) is 0. The van der Waals surface area contributed by atoms with E-state index in [-0.39, 0.29) is 0 Å². The van der Waals surface area contributed by atoms with Gasteiger partial charge in [-0.25, -0.2) is 0 Å². The summed E-state index contributed by atoms with van der Waals surface area (Å²) in [5.74, 6) is 1.72. The van der Waals surface area contributed by atoms with Gasteiger partial charge in [-0.2, -0.15) is 0 Å². The van der Waals surface area contributed by atoms with E-state index in [1.807, 2.05) is 121 Å². The molecule has 362 valence electrons. The van der Waals surface area contributed by atoms with Crippen LogP contribution in [-0.4, -0.2) is 37.5 Å². The van der Waals surface area contributed by atoms with Gasteiger partial charge < -0.3 is 18.6 Å². The average Bonchev–Trinajstić information content (AvgIpc) is 4.04. The molecule has 0 aliphatic heterocycles. The van der Waals surface area contributed by atoms with E-state index in [1.165, 1.54) is 0 Å². The summed E-state index contributed by atoms with van der Waals surface area (Å²) < 4.78 is 29.9. The lowest BCUT2D eigenvalue weighted by Gasteiger charge is -2.25. The fourth-order valence-corrected chi connectivity index (χ4v) is 6.38. The summed E-state index contributed by atoms with van der Waals surface area (Å²) >= 11 is 56.7. The number of halogens is 12. The van der Waals surface area contributed by atoms with Gasteiger partial charge in [0.1, 0.15) is 0 Å². The highest BCUT2D eigenvalue weighted by molar-refractivity contribution is 6.64. The van der Waals surface area contributed by atoms with E-state index in [1.54, 1.807) is 0 Å². The minimum atomic E-state index is -1.83. The first-order valence-corrected chi connectivity index (χ1v) is 24.4. The molecule has 0 aliphatic carbocycles. The summed E-state index contributed by atoms with van der Waals surface area (Å²) in [7, 11) is 0. The highest BCUT2D eigenvalue weighted by Gasteiger charge is 2.17. The molecule has 20 heteroatoms. The van der Waals surface area contributed by atoms with Crippen LogP contribution >= 0.6 is 139 Å². The van der Waals surface area contributed by atoms with Gasteiger partial charge in [0.05, 0.1) is 5.48 Å². The van der Waals surface area contributed by atoms with E-state index in [2.05, 4.69) is 103 Å². The Morgan fingerprint density at radius 1 is 0.271 bits per heavy atom. The Labute approximate surface area is 471 Å². The fraction of sp³-hybridized carbons (Fsp3) is 0.0800. The molecule has 8 nitrogen and oxygen atoms in total. The van der Waals surface area contributed by atoms with E-state index in [9.17, 15) is 0 Å². The number of aromatic nitrogens is 4. The normalized spacial score (nSPS) is 11.9. The molecular formula is C50H36Cl12N6O2. The average molecular weight is 1180 g/mol. The zero-order valence-corrected chi connectivity index (χ0v) is 44.6. The van der Waals surface area contributed by atoms with E-state index in [0.717, 1.165) is 56.4 Å². The molecule has 0 fully saturated rings. The zero-order valence-electron chi connectivity index (χ0n) is 39.5. The van der Waals surface area contributed by atoms with Crippen molar-refractivity contribution in [1.82, 2.24) is 20.4 Å². The van der Waals surface area contributed by atoms with E-state index < -0.39 is 17.1 Å². The molecule has 9 rings (SSSR count). The number of anilines is 6. The van der Waals surface area contributed by atoms with Crippen LogP contribution in [0.1, 0.15) is 5.48 Å². The zero-order chi connectivity index (χ0) is 54.1. The van der Waals surface area contributed by atoms with Crippen LogP contribution in [0.25, 0.3) is 45.8 Å². The third kappa shape index (κ3) is 18.8.